The van der Waals surface area contributed by atoms with Gasteiger partial charge in [0.05, 0.1) is 0 Å². The zero-order valence-corrected chi connectivity index (χ0v) is 11.7. The predicted octanol–water partition coefficient (Wildman–Crippen LogP) is 0.118. The van der Waals surface area contributed by atoms with Crippen molar-refractivity contribution in [2.24, 2.45) is 0 Å². The number of nitrogen functional groups attached to an aromatic ring is 1. The number of nitrogens with one attached hydrogen (secondary N) is 2. The maximum atomic E-state index is 12.1. The SMILES string of the molecule is CNc1nc(N)c(C(=O)NC2CCC(=O)N(C)C2)s1. The molecule has 7 nitrogen and oxygen atoms in total. The molecule has 8 heteroatoms. The average Bonchev–Trinajstić information content (AvgIpc) is 2.75. The van der Waals surface area contributed by atoms with Gasteiger partial charge in [-0.15, -0.1) is 0 Å². The van der Waals surface area contributed by atoms with Gasteiger partial charge in [-0.05, 0) is 6.42 Å². The molecule has 0 spiro atoms. The van der Waals surface area contributed by atoms with E-state index in [0.717, 1.165) is 0 Å². The minimum atomic E-state index is -0.232. The molecule has 0 saturated carbocycles. The summed E-state index contributed by atoms with van der Waals surface area (Å²) in [4.78, 5) is 29.5. The van der Waals surface area contributed by atoms with Crippen LogP contribution in [0.5, 0.6) is 0 Å². The van der Waals surface area contributed by atoms with E-state index in [1.54, 1.807) is 19.0 Å². The number of hydrogen-bond acceptors (Lipinski definition) is 6. The van der Waals surface area contributed by atoms with Crippen molar-refractivity contribution in [2.45, 2.75) is 18.9 Å². The van der Waals surface area contributed by atoms with Crippen molar-refractivity contribution in [3.05, 3.63) is 4.88 Å². The zero-order chi connectivity index (χ0) is 14.0. The van der Waals surface area contributed by atoms with Crippen molar-refractivity contribution in [2.75, 3.05) is 31.7 Å². The van der Waals surface area contributed by atoms with Gasteiger partial charge in [0.1, 0.15) is 10.7 Å². The number of rotatable bonds is 3. The highest BCUT2D eigenvalue weighted by atomic mass is 32.1. The number of nitrogens with zero attached hydrogens (tertiary/aromatic N) is 2. The van der Waals surface area contributed by atoms with Gasteiger partial charge in [-0.25, -0.2) is 4.98 Å². The lowest BCUT2D eigenvalue weighted by atomic mass is 10.1. The quantitative estimate of drug-likeness (QED) is 0.731. The molecule has 1 atom stereocenters. The van der Waals surface area contributed by atoms with Crippen molar-refractivity contribution in [1.82, 2.24) is 15.2 Å². The Balaban J connectivity index is 2.01. The molecule has 1 aromatic rings. The van der Waals surface area contributed by atoms with Crippen LogP contribution < -0.4 is 16.4 Å². The second kappa shape index (κ2) is 5.43. The van der Waals surface area contributed by atoms with Crippen LogP contribution in [0.25, 0.3) is 0 Å². The number of carbonyl (C=O) groups is 2. The molecule has 2 amide bonds. The van der Waals surface area contributed by atoms with Crippen LogP contribution in [-0.2, 0) is 4.79 Å². The third-order valence-corrected chi connectivity index (χ3v) is 4.12. The monoisotopic (exact) mass is 283 g/mol. The molecule has 0 aromatic carbocycles. The molecule has 1 fully saturated rings. The number of anilines is 2. The third kappa shape index (κ3) is 2.95. The van der Waals surface area contributed by atoms with Crippen LogP contribution in [0, 0.1) is 0 Å². The molecule has 19 heavy (non-hydrogen) atoms. The van der Waals surface area contributed by atoms with E-state index in [4.69, 9.17) is 5.73 Å². The molecule has 1 aliphatic heterocycles. The highest BCUT2D eigenvalue weighted by molar-refractivity contribution is 7.18. The number of piperidine rings is 1. The molecule has 2 rings (SSSR count). The Morgan fingerprint density at radius 2 is 2.32 bits per heavy atom. The van der Waals surface area contributed by atoms with E-state index in [1.165, 1.54) is 11.3 Å². The fourth-order valence-corrected chi connectivity index (χ4v) is 2.72. The molecular formula is C11H17N5O2S. The maximum absolute atomic E-state index is 12.1. The summed E-state index contributed by atoms with van der Waals surface area (Å²) in [5, 5.41) is 6.36. The Morgan fingerprint density at radius 3 is 2.89 bits per heavy atom. The zero-order valence-electron chi connectivity index (χ0n) is 10.9. The van der Waals surface area contributed by atoms with Crippen molar-refractivity contribution >= 4 is 34.1 Å². The Morgan fingerprint density at radius 1 is 1.58 bits per heavy atom. The molecular weight excluding hydrogens is 266 g/mol. The number of hydrogen-bond donors (Lipinski definition) is 3. The predicted molar refractivity (Wildman–Crippen MR) is 74.2 cm³/mol. The van der Waals surface area contributed by atoms with Crippen LogP contribution in [0.2, 0.25) is 0 Å². The van der Waals surface area contributed by atoms with Crippen molar-refractivity contribution in [3.63, 3.8) is 0 Å². The fourth-order valence-electron chi connectivity index (χ4n) is 1.98. The third-order valence-electron chi connectivity index (χ3n) is 3.04. The number of amides is 2. The Hall–Kier alpha value is -1.83. The number of aromatic nitrogens is 1. The number of thiazole rings is 1. The van der Waals surface area contributed by atoms with Crippen LogP contribution in [0.15, 0.2) is 0 Å². The molecule has 1 aromatic heterocycles. The normalized spacial score (nSPS) is 19.4. The van der Waals surface area contributed by atoms with Gasteiger partial charge in [-0.2, -0.15) is 0 Å². The van der Waals surface area contributed by atoms with Crippen LogP contribution in [0.1, 0.15) is 22.5 Å². The van der Waals surface area contributed by atoms with E-state index in [9.17, 15) is 9.59 Å². The van der Waals surface area contributed by atoms with Crippen LogP contribution in [0.3, 0.4) is 0 Å². The Kier molecular flexibility index (Phi) is 3.89. The first-order chi connectivity index (χ1) is 9.01. The number of nitrogens with two attached hydrogens (primary N) is 1. The second-order valence-corrected chi connectivity index (χ2v) is 5.47. The van der Waals surface area contributed by atoms with E-state index in [1.807, 2.05) is 0 Å². The van der Waals surface area contributed by atoms with Crippen molar-refractivity contribution in [1.29, 1.82) is 0 Å². The van der Waals surface area contributed by atoms with Gasteiger partial charge in [-0.3, -0.25) is 9.59 Å². The molecule has 0 radical (unpaired) electrons. The number of carbonyl (C=O) groups excluding carboxylic acids is 2. The molecule has 1 unspecified atom stereocenters. The Bertz CT molecular complexity index is 501. The molecule has 0 bridgehead atoms. The summed E-state index contributed by atoms with van der Waals surface area (Å²) in [6.45, 7) is 0.530. The number of likely N-dealkylation sites (N-methyl/N-ethyl adjacent to an activating group) is 1. The highest BCUT2D eigenvalue weighted by Gasteiger charge is 2.25. The largest absolute Gasteiger partial charge is 0.382 e. The highest BCUT2D eigenvalue weighted by Crippen LogP contribution is 2.24. The lowest BCUT2D eigenvalue weighted by Crippen LogP contribution is -2.48. The molecule has 2 heterocycles. The summed E-state index contributed by atoms with van der Waals surface area (Å²) in [5.41, 5.74) is 5.71. The molecule has 0 aliphatic carbocycles. The van der Waals surface area contributed by atoms with Gasteiger partial charge < -0.3 is 21.3 Å². The smallest absolute Gasteiger partial charge is 0.265 e. The maximum Gasteiger partial charge on any atom is 0.265 e. The fraction of sp³-hybridized carbons (Fsp3) is 0.545. The van der Waals surface area contributed by atoms with Gasteiger partial charge >= 0.3 is 0 Å². The molecule has 1 saturated heterocycles. The molecule has 4 N–H and O–H groups in total. The summed E-state index contributed by atoms with van der Waals surface area (Å²) in [6, 6.07) is -0.0327. The number of likely N-dealkylation sites (tertiary alicyclic amines) is 1. The minimum Gasteiger partial charge on any atom is -0.382 e. The van der Waals surface area contributed by atoms with E-state index < -0.39 is 0 Å². The van der Waals surface area contributed by atoms with Crippen LogP contribution in [-0.4, -0.2) is 48.4 Å². The summed E-state index contributed by atoms with van der Waals surface area (Å²) < 4.78 is 0. The minimum absolute atomic E-state index is 0.0327. The first-order valence-corrected chi connectivity index (χ1v) is 6.81. The summed E-state index contributed by atoms with van der Waals surface area (Å²) in [6.07, 6.45) is 1.12. The van der Waals surface area contributed by atoms with Crippen molar-refractivity contribution < 1.29 is 9.59 Å². The van der Waals surface area contributed by atoms with E-state index in [0.29, 0.717) is 29.4 Å². The van der Waals surface area contributed by atoms with Gasteiger partial charge in [0, 0.05) is 33.1 Å². The van der Waals surface area contributed by atoms with E-state index in [2.05, 4.69) is 15.6 Å². The average molecular weight is 283 g/mol. The lowest BCUT2D eigenvalue weighted by Gasteiger charge is -2.29. The molecule has 104 valence electrons. The van der Waals surface area contributed by atoms with Gasteiger partial charge in [0.2, 0.25) is 5.91 Å². The summed E-state index contributed by atoms with van der Waals surface area (Å²) >= 11 is 1.22. The summed E-state index contributed by atoms with van der Waals surface area (Å²) in [5.74, 6) is 0.108. The molecule has 1 aliphatic rings. The van der Waals surface area contributed by atoms with E-state index >= 15 is 0 Å². The first kappa shape index (κ1) is 13.6. The standard InChI is InChI=1S/C11H17N5O2S/c1-13-11-15-9(12)8(19-11)10(18)14-6-3-4-7(17)16(2)5-6/h6H,3-5,12H2,1-2H3,(H,13,15)(H,14,18). The Labute approximate surface area is 115 Å². The van der Waals surface area contributed by atoms with Crippen molar-refractivity contribution in [3.8, 4) is 0 Å². The van der Waals surface area contributed by atoms with Gasteiger partial charge in [0.15, 0.2) is 5.13 Å². The first-order valence-electron chi connectivity index (χ1n) is 6.00. The topological polar surface area (TPSA) is 100 Å². The summed E-state index contributed by atoms with van der Waals surface area (Å²) in [7, 11) is 3.46. The van der Waals surface area contributed by atoms with Gasteiger partial charge in [-0.1, -0.05) is 11.3 Å². The van der Waals surface area contributed by atoms with Crippen LogP contribution >= 0.6 is 11.3 Å². The van der Waals surface area contributed by atoms with Crippen LogP contribution in [0.4, 0.5) is 10.9 Å². The lowest BCUT2D eigenvalue weighted by molar-refractivity contribution is -0.132. The second-order valence-electron chi connectivity index (χ2n) is 4.47. The van der Waals surface area contributed by atoms with Gasteiger partial charge in [0.25, 0.3) is 5.91 Å². The van der Waals surface area contributed by atoms with E-state index in [-0.39, 0.29) is 23.7 Å².